The number of carboxylic acid groups (broad SMARTS) is 1. The van der Waals surface area contributed by atoms with E-state index in [-0.39, 0.29) is 24.3 Å². The molecule has 1 saturated heterocycles. The van der Waals surface area contributed by atoms with Gasteiger partial charge in [-0.1, -0.05) is 26.7 Å². The molecule has 1 aliphatic rings. The highest BCUT2D eigenvalue weighted by molar-refractivity contribution is 5.85. The summed E-state index contributed by atoms with van der Waals surface area (Å²) in [5.74, 6) is -1.13. The Morgan fingerprint density at radius 3 is 2.50 bits per heavy atom. The normalized spacial score (nSPS) is 22.7. The third-order valence-corrected chi connectivity index (χ3v) is 3.70. The van der Waals surface area contributed by atoms with Gasteiger partial charge in [0.05, 0.1) is 5.92 Å². The highest BCUT2D eigenvalue weighted by Crippen LogP contribution is 2.21. The van der Waals surface area contributed by atoms with Crippen LogP contribution < -0.4 is 5.73 Å². The van der Waals surface area contributed by atoms with Crippen molar-refractivity contribution in [2.75, 3.05) is 13.1 Å². The number of hydrogen-bond donors (Lipinski definition) is 2. The van der Waals surface area contributed by atoms with Crippen LogP contribution in [0.4, 0.5) is 0 Å². The molecule has 18 heavy (non-hydrogen) atoms. The van der Waals surface area contributed by atoms with Crippen molar-refractivity contribution in [3.8, 4) is 0 Å². The number of nitrogens with zero attached hydrogens (tertiary/aromatic N) is 1. The fourth-order valence-corrected chi connectivity index (χ4v) is 2.50. The highest BCUT2D eigenvalue weighted by atomic mass is 16.4. The Kier molecular flexibility index (Phi) is 5.59. The molecule has 0 aliphatic carbocycles. The van der Waals surface area contributed by atoms with E-state index < -0.39 is 12.0 Å². The van der Waals surface area contributed by atoms with Crippen molar-refractivity contribution in [2.45, 2.75) is 45.6 Å². The molecule has 1 aliphatic heterocycles. The van der Waals surface area contributed by atoms with Crippen molar-refractivity contribution in [1.29, 1.82) is 0 Å². The molecule has 1 fully saturated rings. The maximum Gasteiger partial charge on any atom is 0.326 e. The summed E-state index contributed by atoms with van der Waals surface area (Å²) in [6.07, 6.45) is 3.29. The van der Waals surface area contributed by atoms with Crippen molar-refractivity contribution < 1.29 is 14.7 Å². The van der Waals surface area contributed by atoms with Gasteiger partial charge in [0.15, 0.2) is 0 Å². The second-order valence-corrected chi connectivity index (χ2v) is 5.32. The zero-order valence-electron chi connectivity index (χ0n) is 11.3. The molecule has 0 saturated carbocycles. The second kappa shape index (κ2) is 6.73. The summed E-state index contributed by atoms with van der Waals surface area (Å²) in [5, 5.41) is 9.25. The molecule has 1 rings (SSSR count). The number of aliphatic carboxylic acids is 1. The number of hydrogen-bond acceptors (Lipinski definition) is 3. The highest BCUT2D eigenvalue weighted by Gasteiger charge is 2.34. The molecule has 2 unspecified atom stereocenters. The summed E-state index contributed by atoms with van der Waals surface area (Å²) in [6, 6.07) is -0.673. The van der Waals surface area contributed by atoms with Crippen molar-refractivity contribution in [3.63, 3.8) is 0 Å². The first kappa shape index (κ1) is 15.0. The smallest absolute Gasteiger partial charge is 0.326 e. The number of rotatable bonds is 4. The Labute approximate surface area is 108 Å². The fraction of sp³-hybridized carbons (Fsp3) is 0.846. The summed E-state index contributed by atoms with van der Waals surface area (Å²) >= 11 is 0. The van der Waals surface area contributed by atoms with Gasteiger partial charge in [-0.15, -0.1) is 0 Å². The number of carbonyl (C=O) groups is 2. The van der Waals surface area contributed by atoms with Gasteiger partial charge in [0.2, 0.25) is 5.91 Å². The van der Waals surface area contributed by atoms with Crippen LogP contribution in [0.2, 0.25) is 0 Å². The van der Waals surface area contributed by atoms with E-state index in [1.807, 2.05) is 13.8 Å². The first-order valence-corrected chi connectivity index (χ1v) is 6.72. The van der Waals surface area contributed by atoms with Crippen molar-refractivity contribution in [2.24, 2.45) is 17.6 Å². The van der Waals surface area contributed by atoms with Crippen molar-refractivity contribution in [3.05, 3.63) is 0 Å². The lowest BCUT2D eigenvalue weighted by atomic mass is 9.93. The number of amides is 1. The van der Waals surface area contributed by atoms with Crippen LogP contribution in [0.1, 0.15) is 39.5 Å². The molecular formula is C13H24N2O3. The van der Waals surface area contributed by atoms with Gasteiger partial charge in [-0.3, -0.25) is 4.79 Å². The predicted octanol–water partition coefficient (Wildman–Crippen LogP) is 1.07. The topological polar surface area (TPSA) is 83.6 Å². The van der Waals surface area contributed by atoms with E-state index in [1.165, 1.54) is 4.90 Å². The molecule has 3 N–H and O–H groups in total. The minimum absolute atomic E-state index is 0.0956. The minimum Gasteiger partial charge on any atom is -0.480 e. The van der Waals surface area contributed by atoms with Gasteiger partial charge in [-0.05, 0) is 18.8 Å². The number of nitrogens with two attached hydrogens (primary N) is 1. The maximum atomic E-state index is 12.4. The summed E-state index contributed by atoms with van der Waals surface area (Å²) in [7, 11) is 0. The van der Waals surface area contributed by atoms with Crippen LogP contribution in [-0.4, -0.2) is 41.0 Å². The standard InChI is InChI=1S/C13H24N2O3/c1-9(2)10(8-14)12(16)15-7-5-3-4-6-11(15)13(17)18/h9-11H,3-8,14H2,1-2H3,(H,17,18). The molecule has 5 nitrogen and oxygen atoms in total. The van der Waals surface area contributed by atoms with Crippen LogP contribution >= 0.6 is 0 Å². The van der Waals surface area contributed by atoms with Crippen LogP contribution in [0.15, 0.2) is 0 Å². The molecule has 0 radical (unpaired) electrons. The average Bonchev–Trinajstić information content (AvgIpc) is 2.54. The molecule has 1 heterocycles. The van der Waals surface area contributed by atoms with Crippen molar-refractivity contribution >= 4 is 11.9 Å². The van der Waals surface area contributed by atoms with Crippen LogP contribution in [0.5, 0.6) is 0 Å². The number of likely N-dealkylation sites (tertiary alicyclic amines) is 1. The summed E-state index contributed by atoms with van der Waals surface area (Å²) in [4.78, 5) is 25.2. The zero-order valence-corrected chi connectivity index (χ0v) is 11.3. The van der Waals surface area contributed by atoms with Gasteiger partial charge >= 0.3 is 5.97 Å². The van der Waals surface area contributed by atoms with E-state index in [2.05, 4.69) is 0 Å². The van der Waals surface area contributed by atoms with Gasteiger partial charge < -0.3 is 15.7 Å². The predicted molar refractivity (Wildman–Crippen MR) is 69.0 cm³/mol. The Morgan fingerprint density at radius 2 is 2.00 bits per heavy atom. The van der Waals surface area contributed by atoms with E-state index in [1.54, 1.807) is 0 Å². The molecule has 104 valence electrons. The largest absolute Gasteiger partial charge is 0.480 e. The molecule has 5 heteroatoms. The van der Waals surface area contributed by atoms with E-state index in [0.29, 0.717) is 13.0 Å². The summed E-state index contributed by atoms with van der Waals surface area (Å²) in [5.41, 5.74) is 5.65. The van der Waals surface area contributed by atoms with Gasteiger partial charge in [0.1, 0.15) is 6.04 Å². The third-order valence-electron chi connectivity index (χ3n) is 3.70. The lowest BCUT2D eigenvalue weighted by Gasteiger charge is -2.31. The Morgan fingerprint density at radius 1 is 1.33 bits per heavy atom. The average molecular weight is 256 g/mol. The Hall–Kier alpha value is -1.10. The van der Waals surface area contributed by atoms with Crippen LogP contribution in [0.25, 0.3) is 0 Å². The molecule has 2 atom stereocenters. The first-order valence-electron chi connectivity index (χ1n) is 6.72. The van der Waals surface area contributed by atoms with Gasteiger partial charge in [0.25, 0.3) is 0 Å². The number of carboxylic acids is 1. The van der Waals surface area contributed by atoms with Crippen LogP contribution in [-0.2, 0) is 9.59 Å². The molecule has 0 aromatic carbocycles. The fourth-order valence-electron chi connectivity index (χ4n) is 2.50. The van der Waals surface area contributed by atoms with Crippen molar-refractivity contribution in [1.82, 2.24) is 4.90 Å². The van der Waals surface area contributed by atoms with Gasteiger partial charge in [-0.2, -0.15) is 0 Å². The Balaban J connectivity index is 2.87. The second-order valence-electron chi connectivity index (χ2n) is 5.32. The SMILES string of the molecule is CC(C)C(CN)C(=O)N1CCCCCC1C(=O)O. The molecular weight excluding hydrogens is 232 g/mol. The van der Waals surface area contributed by atoms with Crippen LogP contribution in [0, 0.1) is 11.8 Å². The first-order chi connectivity index (χ1) is 8.49. The third kappa shape index (κ3) is 3.45. The monoisotopic (exact) mass is 256 g/mol. The van der Waals surface area contributed by atoms with E-state index in [4.69, 9.17) is 5.73 Å². The zero-order chi connectivity index (χ0) is 13.7. The summed E-state index contributed by atoms with van der Waals surface area (Å²) in [6.45, 7) is 4.71. The van der Waals surface area contributed by atoms with E-state index in [0.717, 1.165) is 19.3 Å². The van der Waals surface area contributed by atoms with E-state index >= 15 is 0 Å². The lowest BCUT2D eigenvalue weighted by molar-refractivity contribution is -0.152. The molecule has 0 spiro atoms. The minimum atomic E-state index is -0.898. The molecule has 0 aromatic heterocycles. The van der Waals surface area contributed by atoms with Crippen LogP contribution in [0.3, 0.4) is 0 Å². The summed E-state index contributed by atoms with van der Waals surface area (Å²) < 4.78 is 0. The number of carbonyl (C=O) groups excluding carboxylic acids is 1. The quantitative estimate of drug-likeness (QED) is 0.788. The van der Waals surface area contributed by atoms with E-state index in [9.17, 15) is 14.7 Å². The Bertz CT molecular complexity index is 305. The molecule has 0 aromatic rings. The molecule has 1 amide bonds. The van der Waals surface area contributed by atoms with Gasteiger partial charge in [-0.25, -0.2) is 4.79 Å². The maximum absolute atomic E-state index is 12.4. The van der Waals surface area contributed by atoms with Gasteiger partial charge in [0, 0.05) is 13.1 Å². The molecule has 0 bridgehead atoms. The lowest BCUT2D eigenvalue weighted by Crippen LogP contribution is -2.49.